The van der Waals surface area contributed by atoms with Crippen molar-refractivity contribution in [2.24, 2.45) is 0 Å². The molecule has 0 spiro atoms. The third-order valence-electron chi connectivity index (χ3n) is 1.87. The smallest absolute Gasteiger partial charge is 0.170 e. The molecule has 0 N–H and O–H groups in total. The lowest BCUT2D eigenvalue weighted by Gasteiger charge is -2.34. The first-order valence-corrected chi connectivity index (χ1v) is 4.58. The highest BCUT2D eigenvalue weighted by molar-refractivity contribution is 7.63. The Labute approximate surface area is 68.4 Å². The van der Waals surface area contributed by atoms with Gasteiger partial charge in [0.15, 0.2) is 6.43 Å². The fourth-order valence-electron chi connectivity index (χ4n) is 1.30. The molecule has 0 radical (unpaired) electrons. The molecule has 0 heterocycles. The Balaban J connectivity index is 4.23. The quantitative estimate of drug-likeness (QED) is 0.374. The van der Waals surface area contributed by atoms with E-state index in [0.29, 0.717) is 17.1 Å². The fourth-order valence-corrected chi connectivity index (χ4v) is 1.30. The molecule has 1 unspecified atom stereocenters. The topological polar surface area (TPSA) is 0 Å². The summed E-state index contributed by atoms with van der Waals surface area (Å²) in [5, 5.41) is 0.811. The lowest BCUT2D eigenvalue weighted by Crippen LogP contribution is -2.28. The van der Waals surface area contributed by atoms with Crippen molar-refractivity contribution in [1.82, 2.24) is 0 Å². The summed E-state index contributed by atoms with van der Waals surface area (Å²) in [4.78, 5) is 0. The Morgan fingerprint density at radius 2 is 1.00 bits per heavy atom. The van der Waals surface area contributed by atoms with Crippen molar-refractivity contribution < 1.29 is 0 Å². The van der Waals surface area contributed by atoms with Crippen molar-refractivity contribution in [2.75, 3.05) is 0 Å². The molecular formula is C8H20BP. The minimum absolute atomic E-state index is 0.406. The van der Waals surface area contributed by atoms with Crippen LogP contribution < -0.4 is 0 Å². The first-order valence-electron chi connectivity index (χ1n) is 3.91. The Bertz CT molecular complexity index is 93.4. The van der Waals surface area contributed by atoms with E-state index in [1.54, 1.807) is 0 Å². The van der Waals surface area contributed by atoms with Gasteiger partial charge in [0.1, 0.15) is 0 Å². The van der Waals surface area contributed by atoms with E-state index in [4.69, 9.17) is 0 Å². The molecule has 0 bridgehead atoms. The third kappa shape index (κ3) is 3.06. The molecule has 0 aliphatic rings. The van der Waals surface area contributed by atoms with Crippen LogP contribution in [0.1, 0.15) is 41.5 Å². The molecule has 0 aromatic carbocycles. The van der Waals surface area contributed by atoms with Crippen LogP contribution in [0.25, 0.3) is 0 Å². The summed E-state index contributed by atoms with van der Waals surface area (Å²) in [5.41, 5.74) is 0. The van der Waals surface area contributed by atoms with Crippen molar-refractivity contribution in [3.63, 3.8) is 0 Å². The van der Waals surface area contributed by atoms with Crippen LogP contribution in [-0.4, -0.2) is 6.43 Å². The molecule has 2 heteroatoms. The molecule has 0 aromatic heterocycles. The molecule has 0 aliphatic heterocycles. The lowest BCUT2D eigenvalue weighted by molar-refractivity contribution is 0.662. The average molecular weight is 158 g/mol. The fraction of sp³-hybridized carbons (Fsp3) is 1.00. The van der Waals surface area contributed by atoms with Crippen LogP contribution in [0, 0.1) is 0 Å². The van der Waals surface area contributed by atoms with Gasteiger partial charge in [-0.1, -0.05) is 52.2 Å². The zero-order chi connectivity index (χ0) is 8.58. The van der Waals surface area contributed by atoms with E-state index >= 15 is 0 Å². The van der Waals surface area contributed by atoms with Crippen LogP contribution in [0.15, 0.2) is 0 Å². The molecule has 60 valence electrons. The van der Waals surface area contributed by atoms with Crippen LogP contribution in [0.3, 0.4) is 0 Å². The monoisotopic (exact) mass is 158 g/mol. The van der Waals surface area contributed by atoms with Crippen molar-refractivity contribution in [1.29, 1.82) is 0 Å². The zero-order valence-electron chi connectivity index (χ0n) is 8.15. The van der Waals surface area contributed by atoms with Crippen molar-refractivity contribution in [3.8, 4) is 0 Å². The summed E-state index contributed by atoms with van der Waals surface area (Å²) in [6, 6.07) is 0. The number of hydrogen-bond donors (Lipinski definition) is 0. The van der Waals surface area contributed by atoms with E-state index in [9.17, 15) is 0 Å². The van der Waals surface area contributed by atoms with Gasteiger partial charge < -0.3 is 0 Å². The van der Waals surface area contributed by atoms with Crippen LogP contribution in [0.5, 0.6) is 0 Å². The van der Waals surface area contributed by atoms with Crippen molar-refractivity contribution >= 4 is 15.6 Å². The second-order valence-electron chi connectivity index (χ2n) is 5.21. The maximum Gasteiger partial charge on any atom is 0.174 e. The second kappa shape index (κ2) is 2.85. The first-order chi connectivity index (χ1) is 4.15. The predicted molar refractivity (Wildman–Crippen MR) is 54.9 cm³/mol. The Morgan fingerprint density at radius 3 is 1.00 bits per heavy atom. The molecular weight excluding hydrogens is 138 g/mol. The molecule has 10 heavy (non-hydrogen) atoms. The van der Waals surface area contributed by atoms with E-state index in [1.807, 2.05) is 0 Å². The molecule has 0 aliphatic carbocycles. The van der Waals surface area contributed by atoms with E-state index in [1.165, 1.54) is 0 Å². The van der Waals surface area contributed by atoms with Gasteiger partial charge in [0.2, 0.25) is 0 Å². The summed E-state index contributed by atoms with van der Waals surface area (Å²) in [5.74, 6) is 0. The second-order valence-corrected chi connectivity index (χ2v) is 5.88. The summed E-state index contributed by atoms with van der Waals surface area (Å²) in [6.45, 7) is 13.7. The van der Waals surface area contributed by atoms with Gasteiger partial charge in [0.05, 0.1) is 0 Å². The van der Waals surface area contributed by atoms with Crippen LogP contribution in [-0.2, 0) is 0 Å². The minimum Gasteiger partial charge on any atom is -0.170 e. The summed E-state index contributed by atoms with van der Waals surface area (Å²) < 4.78 is 0. The molecule has 1 atom stereocenters. The molecule has 0 amide bonds. The maximum atomic E-state index is 2.95. The Morgan fingerprint density at radius 1 is 0.800 bits per heavy atom. The van der Waals surface area contributed by atoms with Crippen LogP contribution >= 0.6 is 9.12 Å². The highest BCUT2D eigenvalue weighted by Crippen LogP contribution is 2.44. The predicted octanol–water partition coefficient (Wildman–Crippen LogP) is 3.45. The summed E-state index contributed by atoms with van der Waals surface area (Å²) in [7, 11) is 2.95. The van der Waals surface area contributed by atoms with Crippen molar-refractivity contribution in [3.05, 3.63) is 0 Å². The van der Waals surface area contributed by atoms with Crippen LogP contribution in [0.2, 0.25) is 10.6 Å². The molecule has 0 saturated heterocycles. The van der Waals surface area contributed by atoms with Gasteiger partial charge >= 0.3 is 0 Å². The maximum absolute atomic E-state index is 2.95. The van der Waals surface area contributed by atoms with Gasteiger partial charge in [-0.15, -0.1) is 0 Å². The Kier molecular flexibility index (Phi) is 3.00. The molecule has 0 nitrogen and oxygen atoms in total. The van der Waals surface area contributed by atoms with E-state index in [0.717, 1.165) is 0 Å². The van der Waals surface area contributed by atoms with Crippen molar-refractivity contribution in [2.45, 2.75) is 52.2 Å². The number of hydrogen-bond acceptors (Lipinski definition) is 0. The summed E-state index contributed by atoms with van der Waals surface area (Å²) in [6.07, 6.45) is 0.681. The highest BCUT2D eigenvalue weighted by atomic mass is 31.0. The van der Waals surface area contributed by atoms with E-state index in [2.05, 4.69) is 50.7 Å². The molecule has 0 aromatic rings. The standard InChI is InChI=1S/C8H20BP/c1-7(2,3)9(10)8(4,5)6/h10H2,1-6H3. The molecule has 0 saturated carbocycles. The van der Waals surface area contributed by atoms with Gasteiger partial charge in [-0.25, -0.2) is 0 Å². The largest absolute Gasteiger partial charge is 0.174 e. The third-order valence-corrected chi connectivity index (χ3v) is 3.87. The molecule has 0 fully saturated rings. The Hall–Kier alpha value is 0.495. The van der Waals surface area contributed by atoms with Gasteiger partial charge in [-0.3, -0.25) is 0 Å². The average Bonchev–Trinajstić information content (AvgIpc) is 1.59. The highest BCUT2D eigenvalue weighted by Gasteiger charge is 2.34. The normalized spacial score (nSPS) is 13.5. The van der Waals surface area contributed by atoms with Gasteiger partial charge in [-0.2, -0.15) is 9.12 Å². The molecule has 0 rings (SSSR count). The van der Waals surface area contributed by atoms with Gasteiger partial charge in [0.25, 0.3) is 0 Å². The SMILES string of the molecule is CC(C)(C)B(P)C(C)(C)C. The summed E-state index contributed by atoms with van der Waals surface area (Å²) >= 11 is 0. The first kappa shape index (κ1) is 10.5. The van der Waals surface area contributed by atoms with Crippen LogP contribution in [0.4, 0.5) is 0 Å². The van der Waals surface area contributed by atoms with E-state index in [-0.39, 0.29) is 0 Å². The van der Waals surface area contributed by atoms with Gasteiger partial charge in [-0.05, 0) is 0 Å². The minimum atomic E-state index is 0.406. The van der Waals surface area contributed by atoms with E-state index < -0.39 is 0 Å². The lowest BCUT2D eigenvalue weighted by atomic mass is 9.40. The van der Waals surface area contributed by atoms with Gasteiger partial charge in [0, 0.05) is 0 Å². The zero-order valence-corrected chi connectivity index (χ0v) is 9.31. The number of rotatable bonds is 0.